The molecule has 0 fully saturated rings. The highest BCUT2D eigenvalue weighted by Crippen LogP contribution is 2.22. The number of nitrogens with two attached hydrogens (primary N) is 1. The van der Waals surface area contributed by atoms with E-state index in [4.69, 9.17) is 10.5 Å². The number of hydrogen-bond acceptors (Lipinski definition) is 4. The van der Waals surface area contributed by atoms with Crippen LogP contribution in [0.15, 0.2) is 18.2 Å². The van der Waals surface area contributed by atoms with Gasteiger partial charge in [-0.2, -0.15) is 0 Å². The number of benzene rings is 1. The number of nitrogens with one attached hydrogen (secondary N) is 1. The summed E-state index contributed by atoms with van der Waals surface area (Å²) in [5, 5.41) is 2.92. The van der Waals surface area contributed by atoms with Crippen LogP contribution >= 0.6 is 0 Å². The molecule has 5 heteroatoms. The molecule has 0 spiro atoms. The Morgan fingerprint density at radius 2 is 2.05 bits per heavy atom. The van der Waals surface area contributed by atoms with Crippen LogP contribution in [0.5, 0.6) is 5.75 Å². The molecule has 3 N–H and O–H groups in total. The minimum atomic E-state index is -0.130. The maximum absolute atomic E-state index is 12.1. The molecular weight excluding hydrogens is 254 g/mol. The number of carbonyl (C=O) groups excluding carboxylic acids is 1. The van der Waals surface area contributed by atoms with Gasteiger partial charge in [0.1, 0.15) is 5.75 Å². The van der Waals surface area contributed by atoms with Crippen LogP contribution in [-0.4, -0.2) is 43.6 Å². The van der Waals surface area contributed by atoms with Gasteiger partial charge >= 0.3 is 0 Å². The Morgan fingerprint density at radius 1 is 1.40 bits per heavy atom. The van der Waals surface area contributed by atoms with E-state index in [-0.39, 0.29) is 11.4 Å². The number of rotatable bonds is 6. The first-order chi connectivity index (χ1) is 9.27. The van der Waals surface area contributed by atoms with Gasteiger partial charge in [0.05, 0.1) is 12.3 Å². The molecule has 20 heavy (non-hydrogen) atoms. The van der Waals surface area contributed by atoms with E-state index in [9.17, 15) is 4.79 Å². The van der Waals surface area contributed by atoms with E-state index in [1.165, 1.54) is 0 Å². The largest absolute Gasteiger partial charge is 0.492 e. The zero-order valence-corrected chi connectivity index (χ0v) is 13.0. The number of ether oxygens (including phenoxy) is 1. The second-order valence-corrected chi connectivity index (χ2v) is 5.58. The molecule has 0 unspecified atom stereocenters. The van der Waals surface area contributed by atoms with E-state index in [1.807, 2.05) is 21.0 Å². The van der Waals surface area contributed by atoms with Gasteiger partial charge in [0.2, 0.25) is 0 Å². The molecular formula is C15H25N3O2. The Kier molecular flexibility index (Phi) is 5.39. The van der Waals surface area contributed by atoms with Crippen molar-refractivity contribution in [2.24, 2.45) is 0 Å². The molecule has 0 aliphatic carbocycles. The van der Waals surface area contributed by atoms with Gasteiger partial charge in [-0.05, 0) is 53.1 Å². The molecule has 5 nitrogen and oxygen atoms in total. The lowest BCUT2D eigenvalue weighted by Crippen LogP contribution is -2.48. The summed E-state index contributed by atoms with van der Waals surface area (Å²) in [5.41, 5.74) is 6.78. The van der Waals surface area contributed by atoms with E-state index in [2.05, 4.69) is 24.1 Å². The second kappa shape index (κ2) is 6.61. The molecule has 1 amide bonds. The highest BCUT2D eigenvalue weighted by molar-refractivity contribution is 5.95. The zero-order valence-electron chi connectivity index (χ0n) is 13.0. The quantitative estimate of drug-likeness (QED) is 0.778. The molecule has 1 aromatic carbocycles. The van der Waals surface area contributed by atoms with Gasteiger partial charge in [-0.3, -0.25) is 4.79 Å². The Bertz CT molecular complexity index is 470. The van der Waals surface area contributed by atoms with Crippen LogP contribution in [0, 0.1) is 0 Å². The fraction of sp³-hybridized carbons (Fsp3) is 0.533. The molecule has 1 rings (SSSR count). The van der Waals surface area contributed by atoms with Crippen LogP contribution in [0.25, 0.3) is 0 Å². The Balaban J connectivity index is 2.71. The van der Waals surface area contributed by atoms with Crippen molar-refractivity contribution in [3.05, 3.63) is 23.8 Å². The van der Waals surface area contributed by atoms with Crippen LogP contribution < -0.4 is 15.8 Å². The lowest BCUT2D eigenvalue weighted by Gasteiger charge is -2.32. The first-order valence-corrected chi connectivity index (χ1v) is 6.76. The average molecular weight is 279 g/mol. The minimum absolute atomic E-state index is 0.105. The minimum Gasteiger partial charge on any atom is -0.492 e. The van der Waals surface area contributed by atoms with Gasteiger partial charge in [0.25, 0.3) is 5.91 Å². The van der Waals surface area contributed by atoms with Crippen LogP contribution in [0.1, 0.15) is 31.1 Å². The highest BCUT2D eigenvalue weighted by atomic mass is 16.5. The molecule has 0 aliphatic rings. The maximum atomic E-state index is 12.1. The number of likely N-dealkylation sites (N-methyl/N-ethyl adjacent to an activating group) is 1. The number of anilines is 1. The third-order valence-electron chi connectivity index (χ3n) is 3.46. The third kappa shape index (κ3) is 4.13. The van der Waals surface area contributed by atoms with Gasteiger partial charge in [0.15, 0.2) is 0 Å². The van der Waals surface area contributed by atoms with Crippen molar-refractivity contribution < 1.29 is 9.53 Å². The van der Waals surface area contributed by atoms with Crippen molar-refractivity contribution in [1.29, 1.82) is 0 Å². The molecule has 0 saturated carbocycles. The molecule has 0 radical (unpaired) electrons. The van der Waals surface area contributed by atoms with Crippen LogP contribution in [-0.2, 0) is 0 Å². The van der Waals surface area contributed by atoms with E-state index in [1.54, 1.807) is 18.2 Å². The van der Waals surface area contributed by atoms with Gasteiger partial charge in [-0.1, -0.05) is 0 Å². The normalized spacial score (nSPS) is 11.5. The summed E-state index contributed by atoms with van der Waals surface area (Å²) in [6.07, 6.45) is 0. The molecule has 0 heterocycles. The number of nitrogen functional groups attached to an aromatic ring is 1. The van der Waals surface area contributed by atoms with Crippen molar-refractivity contribution in [1.82, 2.24) is 10.2 Å². The van der Waals surface area contributed by atoms with Crippen molar-refractivity contribution >= 4 is 11.6 Å². The fourth-order valence-corrected chi connectivity index (χ4v) is 1.53. The van der Waals surface area contributed by atoms with Crippen molar-refractivity contribution in [3.8, 4) is 5.75 Å². The second-order valence-electron chi connectivity index (χ2n) is 5.58. The number of hydrogen-bond donors (Lipinski definition) is 2. The van der Waals surface area contributed by atoms with Gasteiger partial charge < -0.3 is 20.7 Å². The van der Waals surface area contributed by atoms with Gasteiger partial charge in [0, 0.05) is 17.6 Å². The van der Waals surface area contributed by atoms with Crippen LogP contribution in [0.2, 0.25) is 0 Å². The monoisotopic (exact) mass is 279 g/mol. The smallest absolute Gasteiger partial charge is 0.251 e. The summed E-state index contributed by atoms with van der Waals surface area (Å²) in [4.78, 5) is 14.2. The lowest BCUT2D eigenvalue weighted by atomic mass is 10.0. The average Bonchev–Trinajstić information content (AvgIpc) is 2.38. The number of carbonyl (C=O) groups is 1. The summed E-state index contributed by atoms with van der Waals surface area (Å²) in [6.45, 7) is 7.14. The summed E-state index contributed by atoms with van der Waals surface area (Å²) < 4.78 is 5.35. The molecule has 0 aliphatic heterocycles. The zero-order chi connectivity index (χ0) is 15.3. The molecule has 1 aromatic rings. The first-order valence-electron chi connectivity index (χ1n) is 6.76. The maximum Gasteiger partial charge on any atom is 0.251 e. The van der Waals surface area contributed by atoms with Crippen molar-refractivity contribution in [2.75, 3.05) is 33.0 Å². The Morgan fingerprint density at radius 3 is 2.55 bits per heavy atom. The SMILES string of the molecule is CCOc1ccc(C(=O)NCC(C)(C)N(C)C)cc1N. The Hall–Kier alpha value is -1.75. The fourth-order valence-electron chi connectivity index (χ4n) is 1.53. The summed E-state index contributed by atoms with van der Waals surface area (Å²) in [6, 6.07) is 5.09. The summed E-state index contributed by atoms with van der Waals surface area (Å²) in [7, 11) is 3.97. The van der Waals surface area contributed by atoms with E-state index < -0.39 is 0 Å². The predicted octanol–water partition coefficient (Wildman–Crippen LogP) is 1.74. The van der Waals surface area contributed by atoms with E-state index in [0.717, 1.165) is 0 Å². The van der Waals surface area contributed by atoms with Gasteiger partial charge in [-0.15, -0.1) is 0 Å². The molecule has 0 atom stereocenters. The first kappa shape index (κ1) is 16.3. The summed E-state index contributed by atoms with van der Waals surface area (Å²) >= 11 is 0. The molecule has 0 saturated heterocycles. The highest BCUT2D eigenvalue weighted by Gasteiger charge is 2.21. The molecule has 0 aromatic heterocycles. The lowest BCUT2D eigenvalue weighted by molar-refractivity contribution is 0.0919. The molecule has 112 valence electrons. The topological polar surface area (TPSA) is 67.6 Å². The van der Waals surface area contributed by atoms with Crippen molar-refractivity contribution in [2.45, 2.75) is 26.3 Å². The third-order valence-corrected chi connectivity index (χ3v) is 3.46. The van der Waals surface area contributed by atoms with Gasteiger partial charge in [-0.25, -0.2) is 0 Å². The van der Waals surface area contributed by atoms with Crippen molar-refractivity contribution in [3.63, 3.8) is 0 Å². The Labute approximate surface area is 121 Å². The van der Waals surface area contributed by atoms with Crippen LogP contribution in [0.4, 0.5) is 5.69 Å². The van der Waals surface area contributed by atoms with Crippen LogP contribution in [0.3, 0.4) is 0 Å². The summed E-state index contributed by atoms with van der Waals surface area (Å²) in [5.74, 6) is 0.479. The molecule has 0 bridgehead atoms. The number of nitrogens with zero attached hydrogens (tertiary/aromatic N) is 1. The predicted molar refractivity (Wildman–Crippen MR) is 82.1 cm³/mol. The van der Waals surface area contributed by atoms with E-state index >= 15 is 0 Å². The number of amides is 1. The van der Waals surface area contributed by atoms with E-state index in [0.29, 0.717) is 30.2 Å². The standard InChI is InChI=1S/C15H25N3O2/c1-6-20-13-8-7-11(9-12(13)16)14(19)17-10-15(2,3)18(4)5/h7-9H,6,10,16H2,1-5H3,(H,17,19).